The molecule has 32 heavy (non-hydrogen) atoms. The number of pyridine rings is 1. The summed E-state index contributed by atoms with van der Waals surface area (Å²) in [5, 5.41) is 0.748. The van der Waals surface area contributed by atoms with Crippen molar-refractivity contribution in [3.63, 3.8) is 0 Å². The number of benzene rings is 1. The Labute approximate surface area is 185 Å². The number of fused-ring (bicyclic) bond motifs is 3. The number of imidazole rings is 1. The Hall–Kier alpha value is -3.20. The number of rotatable bonds is 4. The molecular formula is C23H24N4O4S. The molecule has 0 radical (unpaired) electrons. The summed E-state index contributed by atoms with van der Waals surface area (Å²) in [4.78, 5) is 21.3. The van der Waals surface area contributed by atoms with Crippen molar-refractivity contribution in [1.82, 2.24) is 18.5 Å². The number of esters is 1. The van der Waals surface area contributed by atoms with Crippen LogP contribution in [0.2, 0.25) is 0 Å². The monoisotopic (exact) mass is 452 g/mol. The summed E-state index contributed by atoms with van der Waals surface area (Å²) in [6, 6.07) is 10.3. The van der Waals surface area contributed by atoms with Gasteiger partial charge >= 0.3 is 5.97 Å². The van der Waals surface area contributed by atoms with Gasteiger partial charge in [-0.05, 0) is 50.8 Å². The van der Waals surface area contributed by atoms with Crippen molar-refractivity contribution in [1.29, 1.82) is 0 Å². The zero-order chi connectivity index (χ0) is 22.5. The van der Waals surface area contributed by atoms with Crippen LogP contribution >= 0.6 is 0 Å². The fourth-order valence-corrected chi connectivity index (χ4v) is 6.17. The molecule has 9 heteroatoms. The van der Waals surface area contributed by atoms with E-state index in [9.17, 15) is 13.2 Å². The summed E-state index contributed by atoms with van der Waals surface area (Å²) in [6.07, 6.45) is 6.37. The highest BCUT2D eigenvalue weighted by Crippen LogP contribution is 2.37. The number of carbonyl (C=O) groups excluding carboxylic acids is 1. The largest absolute Gasteiger partial charge is 0.469 e. The van der Waals surface area contributed by atoms with E-state index in [4.69, 9.17) is 4.74 Å². The Morgan fingerprint density at radius 3 is 2.50 bits per heavy atom. The van der Waals surface area contributed by atoms with Crippen molar-refractivity contribution in [3.05, 3.63) is 54.6 Å². The van der Waals surface area contributed by atoms with Crippen LogP contribution < -0.4 is 0 Å². The summed E-state index contributed by atoms with van der Waals surface area (Å²) in [7, 11) is -2.34. The van der Waals surface area contributed by atoms with Crippen molar-refractivity contribution >= 4 is 38.1 Å². The molecule has 1 aliphatic rings. The first kappa shape index (κ1) is 20.7. The Morgan fingerprint density at radius 1 is 1.09 bits per heavy atom. The van der Waals surface area contributed by atoms with E-state index in [1.807, 2.05) is 6.92 Å². The summed E-state index contributed by atoms with van der Waals surface area (Å²) in [6.45, 7) is 1.95. The molecule has 0 bridgehead atoms. The molecule has 8 nitrogen and oxygen atoms in total. The molecule has 0 amide bonds. The van der Waals surface area contributed by atoms with Crippen LogP contribution in [-0.4, -0.2) is 40.0 Å². The second kappa shape index (κ2) is 7.74. The molecule has 1 saturated carbocycles. The number of hydrogen-bond donors (Lipinski definition) is 0. The number of carbonyl (C=O) groups is 1. The molecule has 1 aliphatic carbocycles. The molecule has 0 N–H and O–H groups in total. The number of hydrogen-bond acceptors (Lipinski definition) is 6. The fraction of sp³-hybridized carbons (Fsp3) is 0.348. The zero-order valence-corrected chi connectivity index (χ0v) is 18.7. The topological polar surface area (TPSA) is 96.1 Å². The fourth-order valence-electron chi connectivity index (χ4n) is 4.85. The minimum atomic E-state index is -3.77. The van der Waals surface area contributed by atoms with Gasteiger partial charge in [-0.2, -0.15) is 0 Å². The van der Waals surface area contributed by atoms with Gasteiger partial charge in [0.1, 0.15) is 11.3 Å². The maximum absolute atomic E-state index is 13.2. The van der Waals surface area contributed by atoms with E-state index >= 15 is 0 Å². The van der Waals surface area contributed by atoms with Gasteiger partial charge in [0, 0.05) is 17.6 Å². The number of aromatic nitrogens is 4. The predicted octanol–water partition coefficient (Wildman–Crippen LogP) is 3.84. The van der Waals surface area contributed by atoms with Crippen LogP contribution in [0.25, 0.3) is 22.1 Å². The number of methoxy groups -OCH3 is 1. The van der Waals surface area contributed by atoms with Crippen LogP contribution in [0.5, 0.6) is 0 Å². The van der Waals surface area contributed by atoms with Crippen LogP contribution in [0.15, 0.2) is 53.7 Å². The molecule has 1 aromatic carbocycles. The van der Waals surface area contributed by atoms with Gasteiger partial charge in [0.15, 0.2) is 5.65 Å². The second-order valence-corrected chi connectivity index (χ2v) is 10.0. The molecule has 166 valence electrons. The van der Waals surface area contributed by atoms with Crippen molar-refractivity contribution in [2.75, 3.05) is 7.11 Å². The molecule has 3 aromatic heterocycles. The molecule has 3 heterocycles. The lowest BCUT2D eigenvalue weighted by Crippen LogP contribution is -2.25. The summed E-state index contributed by atoms with van der Waals surface area (Å²) >= 11 is 0. The molecule has 4 aromatic rings. The molecule has 0 unspecified atom stereocenters. The molecule has 0 atom stereocenters. The van der Waals surface area contributed by atoms with Crippen LogP contribution in [0, 0.1) is 12.8 Å². The Bertz CT molecular complexity index is 1410. The summed E-state index contributed by atoms with van der Waals surface area (Å²) in [5.74, 6) is 0.644. The minimum absolute atomic E-state index is 0.0647. The van der Waals surface area contributed by atoms with E-state index in [0.717, 1.165) is 47.9 Å². The lowest BCUT2D eigenvalue weighted by Gasteiger charge is -2.29. The average Bonchev–Trinajstić information content (AvgIpc) is 3.40. The van der Waals surface area contributed by atoms with Crippen molar-refractivity contribution in [3.8, 4) is 0 Å². The van der Waals surface area contributed by atoms with E-state index in [0.29, 0.717) is 5.65 Å². The third kappa shape index (κ3) is 3.19. The van der Waals surface area contributed by atoms with Gasteiger partial charge in [0.2, 0.25) is 0 Å². The van der Waals surface area contributed by atoms with Crippen LogP contribution in [0.3, 0.4) is 0 Å². The summed E-state index contributed by atoms with van der Waals surface area (Å²) in [5.41, 5.74) is 2.00. The van der Waals surface area contributed by atoms with Crippen molar-refractivity contribution < 1.29 is 17.9 Å². The standard InChI is InChI=1S/C23H24N4O4S/c1-15-25-20-14-24-22-19(12-13-26(22)32(29,30)18-6-4-3-5-7-18)21(20)27(15)17-10-8-16(9-11-17)23(28)31-2/h3-7,12-14,16-17H,8-11H2,1-2H3. The van der Waals surface area contributed by atoms with Crippen LogP contribution in [0.1, 0.15) is 37.5 Å². The maximum atomic E-state index is 13.2. The van der Waals surface area contributed by atoms with E-state index in [2.05, 4.69) is 14.5 Å². The van der Waals surface area contributed by atoms with Gasteiger partial charge in [0.25, 0.3) is 10.0 Å². The summed E-state index contributed by atoms with van der Waals surface area (Å²) < 4.78 is 34.8. The van der Waals surface area contributed by atoms with E-state index in [1.165, 1.54) is 11.1 Å². The molecule has 1 fully saturated rings. The molecular weight excluding hydrogens is 428 g/mol. The lowest BCUT2D eigenvalue weighted by atomic mass is 9.86. The Morgan fingerprint density at radius 2 is 1.81 bits per heavy atom. The lowest BCUT2D eigenvalue weighted by molar-refractivity contribution is -0.146. The van der Waals surface area contributed by atoms with Gasteiger partial charge < -0.3 is 9.30 Å². The van der Waals surface area contributed by atoms with Gasteiger partial charge in [-0.15, -0.1) is 0 Å². The quantitative estimate of drug-likeness (QED) is 0.437. The number of ether oxygens (including phenoxy) is 1. The van der Waals surface area contributed by atoms with Gasteiger partial charge in [0.05, 0.1) is 29.6 Å². The smallest absolute Gasteiger partial charge is 0.308 e. The highest BCUT2D eigenvalue weighted by Gasteiger charge is 2.30. The van der Waals surface area contributed by atoms with Gasteiger partial charge in [-0.25, -0.2) is 22.4 Å². The first-order valence-corrected chi connectivity index (χ1v) is 12.1. The van der Waals surface area contributed by atoms with Crippen molar-refractivity contribution in [2.45, 2.75) is 43.5 Å². The highest BCUT2D eigenvalue weighted by molar-refractivity contribution is 7.90. The minimum Gasteiger partial charge on any atom is -0.469 e. The predicted molar refractivity (Wildman–Crippen MR) is 120 cm³/mol. The van der Waals surface area contributed by atoms with Crippen LogP contribution in [0.4, 0.5) is 0 Å². The van der Waals surface area contributed by atoms with Gasteiger partial charge in [-0.1, -0.05) is 18.2 Å². The van der Waals surface area contributed by atoms with E-state index in [-0.39, 0.29) is 22.8 Å². The maximum Gasteiger partial charge on any atom is 0.308 e. The normalized spacial score (nSPS) is 19.4. The van der Waals surface area contributed by atoms with E-state index < -0.39 is 10.0 Å². The van der Waals surface area contributed by atoms with Gasteiger partial charge in [-0.3, -0.25) is 4.79 Å². The first-order chi connectivity index (χ1) is 15.4. The highest BCUT2D eigenvalue weighted by atomic mass is 32.2. The van der Waals surface area contributed by atoms with Crippen LogP contribution in [-0.2, 0) is 19.6 Å². The molecule has 0 aliphatic heterocycles. The molecule has 0 saturated heterocycles. The number of aryl methyl sites for hydroxylation is 1. The molecule has 5 rings (SSSR count). The third-order valence-corrected chi connectivity index (χ3v) is 8.08. The second-order valence-electron chi connectivity index (χ2n) is 8.22. The third-order valence-electron chi connectivity index (χ3n) is 6.40. The molecule has 0 spiro atoms. The Kier molecular flexibility index (Phi) is 5.00. The Balaban J connectivity index is 1.60. The van der Waals surface area contributed by atoms with E-state index in [1.54, 1.807) is 48.8 Å². The first-order valence-electron chi connectivity index (χ1n) is 10.6. The zero-order valence-electron chi connectivity index (χ0n) is 17.9. The average molecular weight is 453 g/mol. The van der Waals surface area contributed by atoms with Crippen molar-refractivity contribution in [2.24, 2.45) is 5.92 Å². The number of nitrogens with zero attached hydrogens (tertiary/aromatic N) is 4. The SMILES string of the molecule is COC(=O)C1CCC(n2c(C)nc3cnc4c(ccn4S(=O)(=O)c4ccccc4)c32)CC1.